The summed E-state index contributed by atoms with van der Waals surface area (Å²) in [5.74, 6) is -2.23. The maximum absolute atomic E-state index is 13.1. The Morgan fingerprint density at radius 1 is 0.968 bits per heavy atom. The van der Waals surface area contributed by atoms with E-state index < -0.39 is 23.3 Å². The SMILES string of the molecule is O=C1c2c(c(O)c3nccnc3c2O)C(=O)N1CC(Cc1ccccc1)C1=COCO1. The Bertz CT molecular complexity index is 1180. The summed E-state index contributed by atoms with van der Waals surface area (Å²) >= 11 is 0. The summed E-state index contributed by atoms with van der Waals surface area (Å²) in [5.41, 5.74) is 0.360. The van der Waals surface area contributed by atoms with Crippen molar-refractivity contribution in [3.63, 3.8) is 0 Å². The van der Waals surface area contributed by atoms with Crippen LogP contribution < -0.4 is 0 Å². The van der Waals surface area contributed by atoms with Crippen molar-refractivity contribution in [3.05, 3.63) is 71.4 Å². The predicted octanol–water partition coefficient (Wildman–Crippen LogP) is 2.34. The summed E-state index contributed by atoms with van der Waals surface area (Å²) < 4.78 is 10.7. The predicted molar refractivity (Wildman–Crippen MR) is 107 cm³/mol. The molecule has 3 aromatic rings. The van der Waals surface area contributed by atoms with Gasteiger partial charge in [0.2, 0.25) is 6.79 Å². The van der Waals surface area contributed by atoms with Gasteiger partial charge in [0, 0.05) is 24.9 Å². The molecule has 2 aliphatic rings. The van der Waals surface area contributed by atoms with Gasteiger partial charge >= 0.3 is 0 Å². The zero-order chi connectivity index (χ0) is 21.5. The van der Waals surface area contributed by atoms with Gasteiger partial charge in [-0.2, -0.15) is 0 Å². The first-order chi connectivity index (χ1) is 15.1. The molecule has 0 radical (unpaired) electrons. The molecule has 9 heteroatoms. The van der Waals surface area contributed by atoms with Gasteiger partial charge in [0.15, 0.2) is 11.5 Å². The van der Waals surface area contributed by atoms with Crippen LogP contribution in [0.2, 0.25) is 0 Å². The lowest BCUT2D eigenvalue weighted by molar-refractivity contribution is 0.0558. The molecule has 31 heavy (non-hydrogen) atoms. The molecule has 0 fully saturated rings. The molecule has 2 aromatic carbocycles. The molecule has 2 N–H and O–H groups in total. The van der Waals surface area contributed by atoms with Crippen LogP contribution in [0, 0.1) is 5.92 Å². The van der Waals surface area contributed by atoms with Crippen LogP contribution in [0.15, 0.2) is 54.7 Å². The molecule has 0 saturated carbocycles. The van der Waals surface area contributed by atoms with E-state index in [0.29, 0.717) is 12.2 Å². The van der Waals surface area contributed by atoms with Crippen LogP contribution in [0.3, 0.4) is 0 Å². The highest BCUT2D eigenvalue weighted by Gasteiger charge is 2.43. The van der Waals surface area contributed by atoms with Crippen molar-refractivity contribution >= 4 is 22.8 Å². The number of phenols is 2. The monoisotopic (exact) mass is 419 g/mol. The van der Waals surface area contributed by atoms with Gasteiger partial charge in [-0.25, -0.2) is 9.97 Å². The Morgan fingerprint density at radius 2 is 1.58 bits per heavy atom. The number of ether oxygens (including phenoxy) is 2. The number of phenolic OH excluding ortho intramolecular Hbond substituents is 2. The van der Waals surface area contributed by atoms with Gasteiger partial charge in [0.25, 0.3) is 11.8 Å². The Morgan fingerprint density at radius 3 is 2.13 bits per heavy atom. The number of fused-ring (bicyclic) bond motifs is 2. The number of rotatable bonds is 5. The van der Waals surface area contributed by atoms with Crippen LogP contribution in [0.25, 0.3) is 11.0 Å². The second-order valence-electron chi connectivity index (χ2n) is 7.26. The van der Waals surface area contributed by atoms with Crippen molar-refractivity contribution in [2.75, 3.05) is 13.3 Å². The first kappa shape index (κ1) is 18.9. The van der Waals surface area contributed by atoms with E-state index in [-0.39, 0.29) is 41.4 Å². The van der Waals surface area contributed by atoms with Crippen molar-refractivity contribution in [2.45, 2.75) is 6.42 Å². The number of benzene rings is 2. The van der Waals surface area contributed by atoms with Gasteiger partial charge in [0.05, 0.1) is 0 Å². The van der Waals surface area contributed by atoms with Crippen molar-refractivity contribution in [3.8, 4) is 11.5 Å². The number of nitrogens with zero attached hydrogens (tertiary/aromatic N) is 3. The Balaban J connectivity index is 1.53. The molecule has 1 unspecified atom stereocenters. The van der Waals surface area contributed by atoms with E-state index in [9.17, 15) is 19.8 Å². The number of aromatic hydroxyl groups is 2. The second kappa shape index (κ2) is 7.28. The quantitative estimate of drug-likeness (QED) is 0.477. The molecule has 0 saturated heterocycles. The third-order valence-corrected chi connectivity index (χ3v) is 5.41. The first-order valence-electron chi connectivity index (χ1n) is 9.59. The average Bonchev–Trinajstić information content (AvgIpc) is 3.41. The average molecular weight is 419 g/mol. The molecular weight excluding hydrogens is 402 g/mol. The van der Waals surface area contributed by atoms with Crippen LogP contribution in [0.4, 0.5) is 0 Å². The van der Waals surface area contributed by atoms with Crippen LogP contribution in [0.1, 0.15) is 26.3 Å². The fourth-order valence-corrected chi connectivity index (χ4v) is 3.94. The molecule has 5 rings (SSSR count). The number of imide groups is 1. The molecule has 1 aromatic heterocycles. The molecular formula is C22H17N3O6. The molecule has 9 nitrogen and oxygen atoms in total. The highest BCUT2D eigenvalue weighted by atomic mass is 16.7. The Kier molecular flexibility index (Phi) is 4.43. The molecule has 1 atom stereocenters. The number of hydrogen-bond donors (Lipinski definition) is 2. The Hall–Kier alpha value is -4.14. The molecule has 3 heterocycles. The fraction of sp³-hybridized carbons (Fsp3) is 0.182. The summed E-state index contributed by atoms with van der Waals surface area (Å²) in [7, 11) is 0. The normalized spacial score (nSPS) is 16.1. The second-order valence-corrected chi connectivity index (χ2v) is 7.26. The van der Waals surface area contributed by atoms with E-state index >= 15 is 0 Å². The van der Waals surface area contributed by atoms with E-state index in [0.717, 1.165) is 10.5 Å². The summed E-state index contributed by atoms with van der Waals surface area (Å²) in [5, 5.41) is 21.2. The molecule has 0 aliphatic carbocycles. The summed E-state index contributed by atoms with van der Waals surface area (Å²) in [4.78, 5) is 35.2. The third-order valence-electron chi connectivity index (χ3n) is 5.41. The summed E-state index contributed by atoms with van der Waals surface area (Å²) in [6.07, 6.45) is 4.62. The lowest BCUT2D eigenvalue weighted by Crippen LogP contribution is -2.36. The zero-order valence-corrected chi connectivity index (χ0v) is 16.2. The van der Waals surface area contributed by atoms with Crippen LogP contribution >= 0.6 is 0 Å². The van der Waals surface area contributed by atoms with Crippen LogP contribution in [0.5, 0.6) is 11.5 Å². The van der Waals surface area contributed by atoms with Crippen molar-refractivity contribution in [1.82, 2.24) is 14.9 Å². The number of carbonyl (C=O) groups excluding carboxylic acids is 2. The van der Waals surface area contributed by atoms with E-state index in [4.69, 9.17) is 9.47 Å². The van der Waals surface area contributed by atoms with Gasteiger partial charge < -0.3 is 19.7 Å². The van der Waals surface area contributed by atoms with Gasteiger partial charge in [-0.05, 0) is 12.0 Å². The minimum absolute atomic E-state index is 0.0213. The smallest absolute Gasteiger partial charge is 0.265 e. The lowest BCUT2D eigenvalue weighted by Gasteiger charge is -2.22. The standard InChI is InChI=1S/C22H17N3O6/c26-19-15-16(20(27)18-17(19)23-6-7-24-18)22(29)25(21(15)28)9-13(14-10-30-11-31-14)8-12-4-2-1-3-5-12/h1-7,10,13,26-27H,8-9,11H2. The maximum Gasteiger partial charge on any atom is 0.265 e. The minimum atomic E-state index is -0.710. The molecule has 2 aliphatic heterocycles. The van der Waals surface area contributed by atoms with Gasteiger partial charge in [-0.3, -0.25) is 14.5 Å². The van der Waals surface area contributed by atoms with Gasteiger partial charge in [-0.15, -0.1) is 0 Å². The van der Waals surface area contributed by atoms with Crippen LogP contribution in [-0.2, 0) is 15.9 Å². The van der Waals surface area contributed by atoms with E-state index in [1.54, 1.807) is 0 Å². The maximum atomic E-state index is 13.1. The van der Waals surface area contributed by atoms with Gasteiger partial charge in [0.1, 0.15) is 34.2 Å². The lowest BCUT2D eigenvalue weighted by atomic mass is 9.97. The summed E-state index contributed by atoms with van der Waals surface area (Å²) in [6.45, 7) is 0.0412. The molecule has 0 spiro atoms. The van der Waals surface area contributed by atoms with Crippen molar-refractivity contribution in [2.24, 2.45) is 5.92 Å². The Labute approximate surface area is 176 Å². The van der Waals surface area contributed by atoms with Crippen LogP contribution in [-0.4, -0.2) is 50.2 Å². The molecule has 0 bridgehead atoms. The highest BCUT2D eigenvalue weighted by Crippen LogP contribution is 2.42. The summed E-state index contributed by atoms with van der Waals surface area (Å²) in [6, 6.07) is 9.57. The van der Waals surface area contributed by atoms with E-state index in [1.807, 2.05) is 30.3 Å². The fourth-order valence-electron chi connectivity index (χ4n) is 3.94. The largest absolute Gasteiger partial charge is 0.505 e. The highest BCUT2D eigenvalue weighted by molar-refractivity contribution is 6.26. The zero-order valence-electron chi connectivity index (χ0n) is 16.2. The van der Waals surface area contributed by atoms with E-state index in [1.165, 1.54) is 18.7 Å². The van der Waals surface area contributed by atoms with Crippen molar-refractivity contribution < 1.29 is 29.3 Å². The number of hydrogen-bond acceptors (Lipinski definition) is 8. The van der Waals surface area contributed by atoms with E-state index in [2.05, 4.69) is 9.97 Å². The van der Waals surface area contributed by atoms with Crippen molar-refractivity contribution in [1.29, 1.82) is 0 Å². The number of amides is 2. The number of aromatic nitrogens is 2. The number of carbonyl (C=O) groups is 2. The molecule has 2 amide bonds. The third kappa shape index (κ3) is 3.02. The molecule has 156 valence electrons. The topological polar surface area (TPSA) is 122 Å². The first-order valence-corrected chi connectivity index (χ1v) is 9.59. The minimum Gasteiger partial charge on any atom is -0.505 e. The van der Waals surface area contributed by atoms with Gasteiger partial charge in [-0.1, -0.05) is 30.3 Å².